The van der Waals surface area contributed by atoms with Crippen LogP contribution in [0.3, 0.4) is 0 Å². The van der Waals surface area contributed by atoms with Crippen molar-refractivity contribution in [2.24, 2.45) is 10.9 Å². The Labute approximate surface area is 215 Å². The highest BCUT2D eigenvalue weighted by molar-refractivity contribution is 6.39. The number of hydrazone groups is 1. The Morgan fingerprint density at radius 2 is 1.69 bits per heavy atom. The molecule has 1 saturated heterocycles. The van der Waals surface area contributed by atoms with Gasteiger partial charge in [0.25, 0.3) is 5.91 Å². The predicted molar refractivity (Wildman–Crippen MR) is 145 cm³/mol. The average Bonchev–Trinajstić information content (AvgIpc) is 2.82. The van der Waals surface area contributed by atoms with E-state index in [-0.39, 0.29) is 41.2 Å². The van der Waals surface area contributed by atoms with Gasteiger partial charge in [-0.3, -0.25) is 9.69 Å². The van der Waals surface area contributed by atoms with Gasteiger partial charge in [-0.2, -0.15) is 5.10 Å². The zero-order chi connectivity index (χ0) is 26.6. The number of nitrogens with one attached hydrogen (secondary N) is 1. The fourth-order valence-corrected chi connectivity index (χ4v) is 5.36. The van der Waals surface area contributed by atoms with Crippen LogP contribution < -0.4 is 11.2 Å². The minimum Gasteiger partial charge on any atom is -0.508 e. The van der Waals surface area contributed by atoms with Crippen molar-refractivity contribution in [2.75, 3.05) is 33.2 Å². The number of phenolic OH excluding ortho intramolecular Hbond substituents is 2. The van der Waals surface area contributed by atoms with Crippen LogP contribution in [0.25, 0.3) is 5.70 Å². The molecule has 0 spiro atoms. The lowest BCUT2D eigenvalue weighted by Crippen LogP contribution is -2.53. The highest BCUT2D eigenvalue weighted by Crippen LogP contribution is 2.39. The van der Waals surface area contributed by atoms with Gasteiger partial charge in [0.15, 0.2) is 0 Å². The third-order valence-electron chi connectivity index (χ3n) is 7.43. The number of hydrogen-bond acceptors (Lipinski definition) is 7. The second kappa shape index (κ2) is 12.0. The monoisotopic (exact) mass is 500 g/mol. The Morgan fingerprint density at radius 3 is 2.22 bits per heavy atom. The number of carbonyl (C=O) groups is 1. The molecule has 1 amide bonds. The molecule has 0 radical (unpaired) electrons. The number of benzene rings is 1. The van der Waals surface area contributed by atoms with Crippen molar-refractivity contribution < 1.29 is 15.0 Å². The summed E-state index contributed by atoms with van der Waals surface area (Å²) in [5.74, 6) is 5.47. The van der Waals surface area contributed by atoms with Gasteiger partial charge in [0.05, 0.1) is 0 Å². The third kappa shape index (κ3) is 6.31. The highest BCUT2D eigenvalue weighted by Gasteiger charge is 2.35. The van der Waals surface area contributed by atoms with E-state index in [4.69, 9.17) is 5.84 Å². The summed E-state index contributed by atoms with van der Waals surface area (Å²) in [5, 5.41) is 27.9. The van der Waals surface area contributed by atoms with Gasteiger partial charge < -0.3 is 31.2 Å². The van der Waals surface area contributed by atoms with E-state index in [1.165, 1.54) is 6.07 Å². The largest absolute Gasteiger partial charge is 0.508 e. The molecule has 1 aliphatic carbocycles. The number of hydrogen-bond donors (Lipinski definition) is 4. The molecule has 1 aromatic rings. The van der Waals surface area contributed by atoms with Gasteiger partial charge >= 0.3 is 0 Å². The van der Waals surface area contributed by atoms with Crippen LogP contribution in [0.1, 0.15) is 70.4 Å². The van der Waals surface area contributed by atoms with E-state index in [1.54, 1.807) is 11.0 Å². The Bertz CT molecular complexity index is 961. The molecule has 9 nitrogen and oxygen atoms in total. The molecule has 1 heterocycles. The minimum absolute atomic E-state index is 0.0311. The number of nitrogens with zero attached hydrogens (tertiary/aromatic N) is 4. The van der Waals surface area contributed by atoms with E-state index < -0.39 is 0 Å². The van der Waals surface area contributed by atoms with Gasteiger partial charge in [-0.05, 0) is 64.1 Å². The first kappa shape index (κ1) is 27.8. The van der Waals surface area contributed by atoms with Crippen LogP contribution in [0.5, 0.6) is 11.5 Å². The van der Waals surface area contributed by atoms with Crippen LogP contribution in [-0.2, 0) is 4.79 Å². The van der Waals surface area contributed by atoms with Crippen molar-refractivity contribution in [3.05, 3.63) is 29.8 Å². The standard InChI is InChI=1S/C27H44N6O3/c1-17(2)22-15-23(25(35)16-24(22)34)19(5)33(26(30-28)27(36)29-18(3)4)21-9-7-20(8-10-21)32-13-11-31(6)12-14-32/h15-18,20-21,34-35H,5,7-14,28H2,1-4,6H3,(H,29,36)/b30-26-. The van der Waals surface area contributed by atoms with E-state index in [0.29, 0.717) is 22.9 Å². The molecular formula is C27H44N6O3. The third-order valence-corrected chi connectivity index (χ3v) is 7.43. The van der Waals surface area contributed by atoms with Gasteiger partial charge in [-0.15, -0.1) is 0 Å². The smallest absolute Gasteiger partial charge is 0.289 e. The molecule has 0 bridgehead atoms. The topological polar surface area (TPSA) is 118 Å². The molecule has 36 heavy (non-hydrogen) atoms. The minimum atomic E-state index is -0.378. The number of amidine groups is 1. The van der Waals surface area contributed by atoms with E-state index in [0.717, 1.165) is 51.9 Å². The molecule has 200 valence electrons. The van der Waals surface area contributed by atoms with Crippen molar-refractivity contribution in [3.63, 3.8) is 0 Å². The van der Waals surface area contributed by atoms with Crippen molar-refractivity contribution in [1.29, 1.82) is 0 Å². The summed E-state index contributed by atoms with van der Waals surface area (Å²) in [6.07, 6.45) is 3.70. The summed E-state index contributed by atoms with van der Waals surface area (Å²) in [5.41, 5.74) is 1.59. The van der Waals surface area contributed by atoms with Gasteiger partial charge in [-0.1, -0.05) is 20.4 Å². The summed E-state index contributed by atoms with van der Waals surface area (Å²) in [6.45, 7) is 16.3. The van der Waals surface area contributed by atoms with E-state index >= 15 is 0 Å². The molecule has 9 heteroatoms. The van der Waals surface area contributed by atoms with Crippen molar-refractivity contribution in [1.82, 2.24) is 20.0 Å². The highest BCUT2D eigenvalue weighted by atomic mass is 16.3. The van der Waals surface area contributed by atoms with Crippen LogP contribution in [0.2, 0.25) is 0 Å². The summed E-state index contributed by atoms with van der Waals surface area (Å²) in [4.78, 5) is 19.9. The molecule has 2 fully saturated rings. The number of carbonyl (C=O) groups excluding carboxylic acids is 1. The van der Waals surface area contributed by atoms with Crippen LogP contribution >= 0.6 is 0 Å². The van der Waals surface area contributed by atoms with Gasteiger partial charge in [0, 0.05) is 61.6 Å². The normalized spacial score (nSPS) is 22.1. The van der Waals surface area contributed by atoms with Gasteiger partial charge in [0.1, 0.15) is 11.5 Å². The summed E-state index contributed by atoms with van der Waals surface area (Å²) < 4.78 is 0. The van der Waals surface area contributed by atoms with Crippen molar-refractivity contribution in [3.8, 4) is 11.5 Å². The lowest BCUT2D eigenvalue weighted by Gasteiger charge is -2.44. The molecule has 2 aliphatic rings. The number of piperazine rings is 1. The maximum atomic E-state index is 13.1. The summed E-state index contributed by atoms with van der Waals surface area (Å²) >= 11 is 0. The molecule has 1 aliphatic heterocycles. The van der Waals surface area contributed by atoms with Crippen LogP contribution in [-0.4, -0.2) is 88.0 Å². The first-order valence-corrected chi connectivity index (χ1v) is 13.1. The van der Waals surface area contributed by atoms with Gasteiger partial charge in [0.2, 0.25) is 5.84 Å². The number of amides is 1. The number of aromatic hydroxyl groups is 2. The fourth-order valence-electron chi connectivity index (χ4n) is 5.36. The SMILES string of the molecule is C=C(c1cc(C(C)C)c(O)cc1O)N(/C(=N\N)C(=O)NC(C)C)C1CCC(N2CCN(C)CC2)CC1. The second-order valence-corrected chi connectivity index (χ2v) is 10.8. The van der Waals surface area contributed by atoms with Crippen molar-refractivity contribution >= 4 is 17.4 Å². The number of likely N-dealkylation sites (N-methyl/N-ethyl adjacent to an activating group) is 1. The maximum Gasteiger partial charge on any atom is 0.289 e. The lowest BCUT2D eigenvalue weighted by molar-refractivity contribution is -0.116. The molecule has 5 N–H and O–H groups in total. The van der Waals surface area contributed by atoms with Crippen LogP contribution in [0.4, 0.5) is 0 Å². The average molecular weight is 501 g/mol. The van der Waals surface area contributed by atoms with Gasteiger partial charge in [-0.25, -0.2) is 0 Å². The van der Waals surface area contributed by atoms with Crippen LogP contribution in [0, 0.1) is 0 Å². The lowest BCUT2D eigenvalue weighted by atomic mass is 9.87. The predicted octanol–water partition coefficient (Wildman–Crippen LogP) is 2.85. The van der Waals surface area contributed by atoms with Crippen molar-refractivity contribution in [2.45, 2.75) is 77.4 Å². The number of phenols is 2. The maximum absolute atomic E-state index is 13.1. The second-order valence-electron chi connectivity index (χ2n) is 10.8. The molecule has 1 aromatic carbocycles. The Morgan fingerprint density at radius 1 is 1.08 bits per heavy atom. The zero-order valence-corrected chi connectivity index (χ0v) is 22.5. The Kier molecular flexibility index (Phi) is 9.24. The molecule has 0 unspecified atom stereocenters. The zero-order valence-electron chi connectivity index (χ0n) is 22.5. The number of nitrogens with two attached hydrogens (primary N) is 1. The summed E-state index contributed by atoms with van der Waals surface area (Å²) in [6, 6.07) is 3.47. The molecule has 3 rings (SSSR count). The fraction of sp³-hybridized carbons (Fsp3) is 0.630. The van der Waals surface area contributed by atoms with Crippen LogP contribution in [0.15, 0.2) is 23.8 Å². The number of rotatable bonds is 6. The summed E-state index contributed by atoms with van der Waals surface area (Å²) in [7, 11) is 2.16. The van der Waals surface area contributed by atoms with E-state index in [9.17, 15) is 15.0 Å². The quantitative estimate of drug-likeness (QED) is 0.205. The molecule has 0 atom stereocenters. The first-order chi connectivity index (χ1) is 17.0. The van der Waals surface area contributed by atoms with E-state index in [1.807, 2.05) is 27.7 Å². The van der Waals surface area contributed by atoms with E-state index in [2.05, 4.69) is 33.8 Å². The molecule has 0 aromatic heterocycles. The Balaban J connectivity index is 1.90. The Hall–Kier alpha value is -2.78. The molecule has 1 saturated carbocycles. The molecular weight excluding hydrogens is 456 g/mol. The first-order valence-electron chi connectivity index (χ1n) is 13.1.